The quantitative estimate of drug-likeness (QED) is 0.904. The molecule has 1 heterocycles. The Morgan fingerprint density at radius 3 is 2.83 bits per heavy atom. The van der Waals surface area contributed by atoms with Crippen LogP contribution in [-0.4, -0.2) is 4.98 Å². The fourth-order valence-electron chi connectivity index (χ4n) is 1.66. The molecule has 0 bridgehead atoms. The molecular weight excluding hydrogens is 312 g/mol. The van der Waals surface area contributed by atoms with Gasteiger partial charge >= 0.3 is 0 Å². The molecule has 0 aliphatic carbocycles. The van der Waals surface area contributed by atoms with Crippen LogP contribution in [0.2, 0.25) is 5.02 Å². The third-order valence-electron chi connectivity index (χ3n) is 2.73. The van der Waals surface area contributed by atoms with Gasteiger partial charge < -0.3 is 5.32 Å². The first kappa shape index (κ1) is 13.5. The Hall–Kier alpha value is -0.900. The molecule has 1 N–H and O–H groups in total. The van der Waals surface area contributed by atoms with Gasteiger partial charge in [-0.15, -0.1) is 0 Å². The summed E-state index contributed by atoms with van der Waals surface area (Å²) in [5.74, 6) is 0. The molecule has 4 heteroatoms. The third kappa shape index (κ3) is 3.80. The average molecular weight is 326 g/mol. The molecule has 0 saturated heterocycles. The number of benzene rings is 1. The molecule has 1 atom stereocenters. The number of pyridine rings is 1. The van der Waals surface area contributed by atoms with Gasteiger partial charge in [-0.05, 0) is 52.7 Å². The Labute approximate surface area is 121 Å². The predicted octanol–water partition coefficient (Wildman–Crippen LogP) is 4.35. The molecule has 1 aromatic carbocycles. The molecule has 0 unspecified atom stereocenters. The number of halogens is 2. The van der Waals surface area contributed by atoms with Crippen LogP contribution in [0.1, 0.15) is 24.2 Å². The summed E-state index contributed by atoms with van der Waals surface area (Å²) in [7, 11) is 0. The highest BCUT2D eigenvalue weighted by Gasteiger charge is 2.05. The van der Waals surface area contributed by atoms with Gasteiger partial charge in [-0.25, -0.2) is 0 Å². The molecule has 1 aromatic heterocycles. The van der Waals surface area contributed by atoms with E-state index in [1.165, 1.54) is 5.56 Å². The fourth-order valence-corrected chi connectivity index (χ4v) is 2.10. The van der Waals surface area contributed by atoms with Crippen LogP contribution in [-0.2, 0) is 6.54 Å². The van der Waals surface area contributed by atoms with Crippen LogP contribution >= 0.6 is 27.5 Å². The molecule has 0 amide bonds. The maximum absolute atomic E-state index is 5.98. The third-order valence-corrected chi connectivity index (χ3v) is 3.43. The summed E-state index contributed by atoms with van der Waals surface area (Å²) < 4.78 is 0.995. The molecule has 0 aliphatic rings. The summed E-state index contributed by atoms with van der Waals surface area (Å²) >= 11 is 9.35. The monoisotopic (exact) mass is 324 g/mol. The lowest BCUT2D eigenvalue weighted by molar-refractivity contribution is 0.568. The Morgan fingerprint density at radius 1 is 1.33 bits per heavy atom. The van der Waals surface area contributed by atoms with Crippen LogP contribution in [0.4, 0.5) is 0 Å². The van der Waals surface area contributed by atoms with E-state index in [-0.39, 0.29) is 6.04 Å². The number of hydrogen-bond donors (Lipinski definition) is 1. The van der Waals surface area contributed by atoms with Crippen molar-refractivity contribution >= 4 is 27.5 Å². The van der Waals surface area contributed by atoms with Crippen LogP contribution in [0.3, 0.4) is 0 Å². The summed E-state index contributed by atoms with van der Waals surface area (Å²) in [6, 6.07) is 12.1. The van der Waals surface area contributed by atoms with Gasteiger partial charge in [0.2, 0.25) is 0 Å². The van der Waals surface area contributed by atoms with E-state index < -0.39 is 0 Å². The van der Waals surface area contributed by atoms with E-state index >= 15 is 0 Å². The smallest absolute Gasteiger partial charge is 0.0542 e. The number of rotatable bonds is 4. The van der Waals surface area contributed by atoms with Crippen LogP contribution in [0.5, 0.6) is 0 Å². The second-order valence-electron chi connectivity index (χ2n) is 4.13. The van der Waals surface area contributed by atoms with Crippen molar-refractivity contribution in [3.05, 3.63) is 63.3 Å². The molecule has 94 valence electrons. The van der Waals surface area contributed by atoms with E-state index in [0.29, 0.717) is 0 Å². The Kier molecular flexibility index (Phi) is 4.75. The summed E-state index contributed by atoms with van der Waals surface area (Å²) in [5, 5.41) is 4.19. The van der Waals surface area contributed by atoms with Gasteiger partial charge in [0.05, 0.1) is 5.69 Å². The van der Waals surface area contributed by atoms with Crippen LogP contribution in [0.25, 0.3) is 0 Å². The van der Waals surface area contributed by atoms with Gasteiger partial charge in [0.25, 0.3) is 0 Å². The van der Waals surface area contributed by atoms with Gasteiger partial charge in [-0.1, -0.05) is 23.7 Å². The average Bonchev–Trinajstić information content (AvgIpc) is 2.38. The van der Waals surface area contributed by atoms with Crippen molar-refractivity contribution in [1.29, 1.82) is 0 Å². The molecule has 0 radical (unpaired) electrons. The Morgan fingerprint density at radius 2 is 2.17 bits per heavy atom. The number of nitrogens with zero attached hydrogens (tertiary/aromatic N) is 1. The minimum Gasteiger partial charge on any atom is -0.305 e. The van der Waals surface area contributed by atoms with Crippen molar-refractivity contribution in [3.8, 4) is 0 Å². The molecule has 0 saturated carbocycles. The summed E-state index contributed by atoms with van der Waals surface area (Å²) in [4.78, 5) is 4.33. The predicted molar refractivity (Wildman–Crippen MR) is 78.6 cm³/mol. The van der Waals surface area contributed by atoms with E-state index in [1.54, 1.807) is 6.20 Å². The lowest BCUT2D eigenvalue weighted by Crippen LogP contribution is -2.18. The maximum Gasteiger partial charge on any atom is 0.0542 e. The summed E-state index contributed by atoms with van der Waals surface area (Å²) in [6.45, 7) is 2.85. The van der Waals surface area contributed by atoms with Crippen molar-refractivity contribution in [2.45, 2.75) is 19.5 Å². The molecule has 2 aromatic rings. The van der Waals surface area contributed by atoms with Gasteiger partial charge in [0.1, 0.15) is 0 Å². The standard InChI is InChI=1S/C14H14BrClN2/c1-10(11-3-2-4-13(16)7-11)17-9-14-6-5-12(15)8-18-14/h2-8,10,17H,9H2,1H3/t10-/m1/s1. The lowest BCUT2D eigenvalue weighted by Gasteiger charge is -2.14. The minimum atomic E-state index is 0.245. The molecule has 2 rings (SSSR count). The number of aromatic nitrogens is 1. The van der Waals surface area contributed by atoms with Crippen LogP contribution < -0.4 is 5.32 Å². The first-order valence-corrected chi connectivity index (χ1v) is 6.91. The molecule has 0 fully saturated rings. The molecule has 0 aliphatic heterocycles. The fraction of sp³-hybridized carbons (Fsp3) is 0.214. The molecule has 18 heavy (non-hydrogen) atoms. The van der Waals surface area contributed by atoms with Gasteiger partial charge in [-0.2, -0.15) is 0 Å². The van der Waals surface area contributed by atoms with E-state index in [1.807, 2.05) is 30.3 Å². The van der Waals surface area contributed by atoms with Crippen LogP contribution in [0, 0.1) is 0 Å². The van der Waals surface area contributed by atoms with E-state index in [9.17, 15) is 0 Å². The highest BCUT2D eigenvalue weighted by atomic mass is 79.9. The molecule has 2 nitrogen and oxygen atoms in total. The lowest BCUT2D eigenvalue weighted by atomic mass is 10.1. The SMILES string of the molecule is C[C@@H](NCc1ccc(Br)cn1)c1cccc(Cl)c1. The van der Waals surface area contributed by atoms with Crippen molar-refractivity contribution in [3.63, 3.8) is 0 Å². The zero-order valence-electron chi connectivity index (χ0n) is 10.0. The topological polar surface area (TPSA) is 24.9 Å². The zero-order valence-corrected chi connectivity index (χ0v) is 12.4. The first-order chi connectivity index (χ1) is 8.65. The van der Waals surface area contributed by atoms with Crippen molar-refractivity contribution in [2.75, 3.05) is 0 Å². The molecule has 0 spiro atoms. The summed E-state index contributed by atoms with van der Waals surface area (Å²) in [5.41, 5.74) is 2.20. The highest BCUT2D eigenvalue weighted by Crippen LogP contribution is 2.17. The number of hydrogen-bond acceptors (Lipinski definition) is 2. The summed E-state index contributed by atoms with van der Waals surface area (Å²) in [6.07, 6.45) is 1.81. The highest BCUT2D eigenvalue weighted by molar-refractivity contribution is 9.10. The maximum atomic E-state index is 5.98. The van der Waals surface area contributed by atoms with E-state index in [0.717, 1.165) is 21.7 Å². The van der Waals surface area contributed by atoms with Crippen molar-refractivity contribution in [2.24, 2.45) is 0 Å². The zero-order chi connectivity index (χ0) is 13.0. The largest absolute Gasteiger partial charge is 0.305 e. The Balaban J connectivity index is 1.96. The number of nitrogens with one attached hydrogen (secondary N) is 1. The van der Waals surface area contributed by atoms with Gasteiger partial charge in [-0.3, -0.25) is 4.98 Å². The second-order valence-corrected chi connectivity index (χ2v) is 5.48. The van der Waals surface area contributed by atoms with Gasteiger partial charge in [0.15, 0.2) is 0 Å². The van der Waals surface area contributed by atoms with Gasteiger partial charge in [0, 0.05) is 28.3 Å². The molecular formula is C14H14BrClN2. The Bertz CT molecular complexity index is 513. The van der Waals surface area contributed by atoms with E-state index in [2.05, 4.69) is 39.2 Å². The minimum absolute atomic E-state index is 0.245. The van der Waals surface area contributed by atoms with Crippen molar-refractivity contribution < 1.29 is 0 Å². The first-order valence-electron chi connectivity index (χ1n) is 5.74. The second kappa shape index (κ2) is 6.32. The van der Waals surface area contributed by atoms with E-state index in [4.69, 9.17) is 11.6 Å². The van der Waals surface area contributed by atoms with Crippen molar-refractivity contribution in [1.82, 2.24) is 10.3 Å². The normalized spacial score (nSPS) is 12.4. The van der Waals surface area contributed by atoms with Crippen LogP contribution in [0.15, 0.2) is 47.1 Å².